The number of hydrogen-bond donors (Lipinski definition) is 4. The Morgan fingerprint density at radius 3 is 1.39 bits per heavy atom. The molecule has 4 aliphatic heterocycles. The Hall–Kier alpha value is -5.64. The average molecular weight is 585 g/mol. The number of amides is 4. The molecule has 8 rings (SSSR count). The van der Waals surface area contributed by atoms with Gasteiger partial charge in [0.05, 0.1) is 11.1 Å². The van der Waals surface area contributed by atoms with Gasteiger partial charge in [-0.05, 0) is 62.4 Å². The number of fused-ring (bicyclic) bond motifs is 6. The molecule has 4 aromatic rings. The summed E-state index contributed by atoms with van der Waals surface area (Å²) in [5.74, 6) is -1.52. The lowest BCUT2D eigenvalue weighted by Crippen LogP contribution is -2.66. The summed E-state index contributed by atoms with van der Waals surface area (Å²) in [6.45, 7) is 3.76. The van der Waals surface area contributed by atoms with Crippen LogP contribution in [0.4, 0.5) is 22.7 Å². The number of hydrogen-bond acceptors (Lipinski definition) is 6. The third-order valence-corrected chi connectivity index (χ3v) is 9.08. The van der Waals surface area contributed by atoms with Crippen molar-refractivity contribution in [1.82, 2.24) is 9.80 Å². The number of benzene rings is 4. The molecule has 0 fully saturated rings. The van der Waals surface area contributed by atoms with Crippen LogP contribution in [0.25, 0.3) is 0 Å². The van der Waals surface area contributed by atoms with Crippen molar-refractivity contribution in [3.63, 3.8) is 0 Å². The first kappa shape index (κ1) is 26.0. The summed E-state index contributed by atoms with van der Waals surface area (Å²) in [6, 6.07) is 25.4. The fourth-order valence-electron chi connectivity index (χ4n) is 7.00. The molecule has 2 spiro atoms. The predicted molar refractivity (Wildman–Crippen MR) is 165 cm³/mol. The van der Waals surface area contributed by atoms with E-state index in [1.807, 2.05) is 62.4 Å². The third-order valence-electron chi connectivity index (χ3n) is 9.08. The SMILES string of the molecule is Cc1ccc2c(c1)C1(Nc3ccccc3C(=O)N1CCN1C(=O)c3ccccc3NC13C(=O)Nc1ccc(C)cc13)C(=O)N2. The second-order valence-electron chi connectivity index (χ2n) is 11.7. The van der Waals surface area contributed by atoms with E-state index >= 15 is 0 Å². The molecule has 0 radical (unpaired) electrons. The van der Waals surface area contributed by atoms with Gasteiger partial charge in [0.15, 0.2) is 0 Å². The molecule has 4 N–H and O–H groups in total. The van der Waals surface area contributed by atoms with Gasteiger partial charge in [-0.1, -0.05) is 47.5 Å². The quantitative estimate of drug-likeness (QED) is 0.284. The number of carbonyl (C=O) groups excluding carboxylic acids is 4. The van der Waals surface area contributed by atoms with Crippen LogP contribution < -0.4 is 21.3 Å². The number of nitrogens with zero attached hydrogens (tertiary/aromatic N) is 2. The largest absolute Gasteiger partial charge is 0.350 e. The highest BCUT2D eigenvalue weighted by Crippen LogP contribution is 2.48. The van der Waals surface area contributed by atoms with Crippen LogP contribution in [0.15, 0.2) is 84.9 Å². The first-order valence-electron chi connectivity index (χ1n) is 14.5. The van der Waals surface area contributed by atoms with E-state index in [1.165, 1.54) is 9.80 Å². The van der Waals surface area contributed by atoms with Crippen molar-refractivity contribution in [2.75, 3.05) is 34.4 Å². The van der Waals surface area contributed by atoms with Crippen LogP contribution in [0.2, 0.25) is 0 Å². The van der Waals surface area contributed by atoms with Gasteiger partial charge in [-0.3, -0.25) is 19.2 Å². The Morgan fingerprint density at radius 1 is 0.545 bits per heavy atom. The zero-order valence-electron chi connectivity index (χ0n) is 24.0. The number of para-hydroxylation sites is 2. The van der Waals surface area contributed by atoms with Gasteiger partial charge >= 0.3 is 0 Å². The van der Waals surface area contributed by atoms with Crippen molar-refractivity contribution >= 4 is 46.4 Å². The molecule has 4 heterocycles. The molecule has 0 aliphatic carbocycles. The summed E-state index contributed by atoms with van der Waals surface area (Å²) in [6.07, 6.45) is 0. The number of rotatable bonds is 3. The summed E-state index contributed by atoms with van der Waals surface area (Å²) < 4.78 is 0. The topological polar surface area (TPSA) is 123 Å². The number of nitrogens with one attached hydrogen (secondary N) is 4. The minimum absolute atomic E-state index is 0.0489. The summed E-state index contributed by atoms with van der Waals surface area (Å²) >= 11 is 0. The van der Waals surface area contributed by atoms with E-state index in [-0.39, 0.29) is 24.9 Å². The molecule has 10 nitrogen and oxygen atoms in total. The molecule has 218 valence electrons. The first-order chi connectivity index (χ1) is 21.2. The Kier molecular flexibility index (Phi) is 5.28. The van der Waals surface area contributed by atoms with Crippen molar-refractivity contribution in [3.8, 4) is 0 Å². The maximum absolute atomic E-state index is 14.3. The monoisotopic (exact) mass is 584 g/mol. The van der Waals surface area contributed by atoms with Crippen LogP contribution in [-0.4, -0.2) is 46.5 Å². The smallest absolute Gasteiger partial charge is 0.276 e. The van der Waals surface area contributed by atoms with E-state index in [9.17, 15) is 19.2 Å². The number of anilines is 4. The van der Waals surface area contributed by atoms with Crippen LogP contribution in [-0.2, 0) is 20.9 Å². The Morgan fingerprint density at radius 2 is 0.955 bits per heavy atom. The molecule has 2 unspecified atom stereocenters. The molecular weight excluding hydrogens is 556 g/mol. The van der Waals surface area contributed by atoms with Crippen molar-refractivity contribution in [3.05, 3.63) is 118 Å². The average Bonchev–Trinajstić information content (AvgIpc) is 3.44. The minimum Gasteiger partial charge on any atom is -0.350 e. The molecule has 44 heavy (non-hydrogen) atoms. The van der Waals surface area contributed by atoms with Gasteiger partial charge < -0.3 is 31.1 Å². The van der Waals surface area contributed by atoms with Gasteiger partial charge in [-0.15, -0.1) is 0 Å². The van der Waals surface area contributed by atoms with Crippen molar-refractivity contribution in [1.29, 1.82) is 0 Å². The summed E-state index contributed by atoms with van der Waals surface area (Å²) in [5.41, 5.74) is 3.08. The van der Waals surface area contributed by atoms with Gasteiger partial charge in [0.1, 0.15) is 0 Å². The highest BCUT2D eigenvalue weighted by Gasteiger charge is 2.59. The predicted octanol–water partition coefficient (Wildman–Crippen LogP) is 4.35. The van der Waals surface area contributed by atoms with Gasteiger partial charge in [-0.25, -0.2) is 0 Å². The van der Waals surface area contributed by atoms with Crippen LogP contribution in [0.1, 0.15) is 43.0 Å². The highest BCUT2D eigenvalue weighted by atomic mass is 16.2. The van der Waals surface area contributed by atoms with E-state index in [2.05, 4.69) is 21.3 Å². The summed E-state index contributed by atoms with van der Waals surface area (Å²) in [5, 5.41) is 12.7. The van der Waals surface area contributed by atoms with Gasteiger partial charge in [0, 0.05) is 47.0 Å². The van der Waals surface area contributed by atoms with Crippen molar-refractivity contribution in [2.24, 2.45) is 0 Å². The molecule has 0 saturated carbocycles. The molecule has 0 saturated heterocycles. The van der Waals surface area contributed by atoms with Crippen LogP contribution in [0.3, 0.4) is 0 Å². The molecule has 10 heteroatoms. The van der Waals surface area contributed by atoms with E-state index in [4.69, 9.17) is 0 Å². The third kappa shape index (κ3) is 3.30. The van der Waals surface area contributed by atoms with E-state index in [0.717, 1.165) is 11.1 Å². The molecule has 4 aromatic carbocycles. The standard InChI is InChI=1S/C34H28N6O4/c1-19-11-13-27-23(17-19)33(31(43)35-27)37-25-9-5-3-7-21(25)29(41)39(33)15-16-40-30(42)22-8-4-6-10-26(22)38-34(40)24-18-20(2)12-14-28(24)36-32(34)44/h3-14,17-18,37-38H,15-16H2,1-2H3,(H,35,43)(H,36,44). The molecule has 0 aromatic heterocycles. The summed E-state index contributed by atoms with van der Waals surface area (Å²) in [7, 11) is 0. The van der Waals surface area contributed by atoms with Crippen LogP contribution in [0.5, 0.6) is 0 Å². The van der Waals surface area contributed by atoms with Crippen LogP contribution >= 0.6 is 0 Å². The van der Waals surface area contributed by atoms with E-state index in [0.29, 0.717) is 45.0 Å². The molecular formula is C34H28N6O4. The first-order valence-corrected chi connectivity index (χ1v) is 14.5. The Bertz CT molecular complexity index is 1830. The number of aryl methyl sites for hydroxylation is 2. The molecule has 2 atom stereocenters. The second-order valence-corrected chi connectivity index (χ2v) is 11.7. The van der Waals surface area contributed by atoms with Gasteiger partial charge in [0.25, 0.3) is 23.6 Å². The fraction of sp³-hybridized carbons (Fsp3) is 0.176. The van der Waals surface area contributed by atoms with E-state index in [1.54, 1.807) is 36.4 Å². The minimum atomic E-state index is -1.56. The zero-order valence-corrected chi connectivity index (χ0v) is 24.0. The van der Waals surface area contributed by atoms with Crippen molar-refractivity contribution < 1.29 is 19.2 Å². The second kappa shape index (κ2) is 8.93. The molecule has 4 aliphatic rings. The van der Waals surface area contributed by atoms with Gasteiger partial charge in [0.2, 0.25) is 11.3 Å². The lowest BCUT2D eigenvalue weighted by atomic mass is 9.90. The maximum atomic E-state index is 14.3. The Labute approximate surface area is 253 Å². The molecule has 4 amide bonds. The Balaban J connectivity index is 1.27. The highest BCUT2D eigenvalue weighted by molar-refractivity contribution is 6.15. The van der Waals surface area contributed by atoms with Crippen LogP contribution in [0, 0.1) is 13.8 Å². The lowest BCUT2D eigenvalue weighted by Gasteiger charge is -2.48. The summed E-state index contributed by atoms with van der Waals surface area (Å²) in [4.78, 5) is 59.5. The number of carbonyl (C=O) groups is 4. The van der Waals surface area contributed by atoms with E-state index < -0.39 is 23.1 Å². The normalized spacial score (nSPS) is 22.6. The van der Waals surface area contributed by atoms with Gasteiger partial charge in [-0.2, -0.15) is 0 Å². The maximum Gasteiger partial charge on any atom is 0.276 e. The lowest BCUT2D eigenvalue weighted by molar-refractivity contribution is -0.127. The zero-order chi connectivity index (χ0) is 30.4. The molecule has 0 bridgehead atoms. The fourth-order valence-corrected chi connectivity index (χ4v) is 7.00. The van der Waals surface area contributed by atoms with Crippen molar-refractivity contribution in [2.45, 2.75) is 25.2 Å².